The molecule has 5 atom stereocenters. The van der Waals surface area contributed by atoms with E-state index in [0.717, 1.165) is 5.56 Å². The number of fused-ring (bicyclic) bond motifs is 2. The zero-order valence-corrected chi connectivity index (χ0v) is 12.1. The van der Waals surface area contributed by atoms with E-state index in [1.54, 1.807) is 12.1 Å². The number of ketones is 1. The Hall–Kier alpha value is -1.43. The number of Topliss-reactive ketones (excluding diaryl/α,β-unsaturated/α-hetero) is 1. The van der Waals surface area contributed by atoms with Gasteiger partial charge < -0.3 is 20.1 Å². The number of hydrogen-bond acceptors (Lipinski definition) is 5. The molecule has 3 N–H and O–H groups in total. The first-order valence-electron chi connectivity index (χ1n) is 7.21. The van der Waals surface area contributed by atoms with Crippen LogP contribution in [0.4, 0.5) is 0 Å². The largest absolute Gasteiger partial charge is 0.496 e. The van der Waals surface area contributed by atoms with Crippen LogP contribution in [0.2, 0.25) is 0 Å². The SMILES string of the molecule is COc1cc(C)cc2c1[C@@H](O)[C@@H]1C[C@@H](O)[C@@H](O)C[C@H]1C2=O. The second-order valence-corrected chi connectivity index (χ2v) is 6.11. The Bertz CT molecular complexity index is 582. The normalized spacial score (nSPS) is 35.1. The van der Waals surface area contributed by atoms with Crippen molar-refractivity contribution in [1.82, 2.24) is 0 Å². The number of carbonyl (C=O) groups excluding carboxylic acids is 1. The molecule has 1 aromatic carbocycles. The number of hydrogen-bond donors (Lipinski definition) is 3. The number of aryl methyl sites for hydroxylation is 1. The fourth-order valence-corrected chi connectivity index (χ4v) is 3.70. The number of aliphatic hydroxyl groups is 3. The molecule has 1 saturated carbocycles. The third kappa shape index (κ3) is 2.16. The zero-order valence-electron chi connectivity index (χ0n) is 12.1. The molecule has 0 bridgehead atoms. The molecule has 0 aromatic heterocycles. The summed E-state index contributed by atoms with van der Waals surface area (Å²) >= 11 is 0. The van der Waals surface area contributed by atoms with Crippen LogP contribution in [0.5, 0.6) is 5.75 Å². The molecule has 0 amide bonds. The summed E-state index contributed by atoms with van der Waals surface area (Å²) in [7, 11) is 1.51. The standard InChI is InChI=1S/C16H20O5/c1-7-3-10-14(13(4-7)21-2)16(20)9-6-12(18)11(17)5-8(9)15(10)19/h3-4,8-9,11-12,16-18,20H,5-6H2,1-2H3/t8-,9-,11+,12-,16+/m1/s1. The minimum Gasteiger partial charge on any atom is -0.496 e. The lowest BCUT2D eigenvalue weighted by atomic mass is 9.65. The summed E-state index contributed by atoms with van der Waals surface area (Å²) in [6.07, 6.45) is -2.25. The van der Waals surface area contributed by atoms with Crippen LogP contribution in [0.3, 0.4) is 0 Å². The Morgan fingerprint density at radius 3 is 2.48 bits per heavy atom. The maximum Gasteiger partial charge on any atom is 0.166 e. The predicted molar refractivity (Wildman–Crippen MR) is 75.2 cm³/mol. The van der Waals surface area contributed by atoms with Crippen molar-refractivity contribution in [2.24, 2.45) is 11.8 Å². The van der Waals surface area contributed by atoms with E-state index in [1.165, 1.54) is 7.11 Å². The highest BCUT2D eigenvalue weighted by Gasteiger charge is 2.48. The van der Waals surface area contributed by atoms with Gasteiger partial charge in [0.2, 0.25) is 0 Å². The van der Waals surface area contributed by atoms with Gasteiger partial charge in [0.15, 0.2) is 5.78 Å². The van der Waals surface area contributed by atoms with Gasteiger partial charge in [-0.3, -0.25) is 4.79 Å². The van der Waals surface area contributed by atoms with Gasteiger partial charge in [-0.25, -0.2) is 0 Å². The Morgan fingerprint density at radius 2 is 1.81 bits per heavy atom. The molecule has 114 valence electrons. The lowest BCUT2D eigenvalue weighted by Crippen LogP contribution is -2.46. The number of ether oxygens (including phenoxy) is 1. The summed E-state index contributed by atoms with van der Waals surface area (Å²) < 4.78 is 5.32. The number of rotatable bonds is 1. The molecule has 5 nitrogen and oxygen atoms in total. The van der Waals surface area contributed by atoms with Gasteiger partial charge in [-0.2, -0.15) is 0 Å². The second kappa shape index (κ2) is 5.09. The van der Waals surface area contributed by atoms with Crippen LogP contribution in [-0.2, 0) is 0 Å². The molecule has 0 unspecified atom stereocenters. The van der Waals surface area contributed by atoms with Gasteiger partial charge in [0.1, 0.15) is 5.75 Å². The molecule has 5 heteroatoms. The summed E-state index contributed by atoms with van der Waals surface area (Å²) in [6.45, 7) is 1.87. The van der Waals surface area contributed by atoms with Gasteiger partial charge in [0, 0.05) is 23.0 Å². The number of aliphatic hydroxyl groups excluding tert-OH is 3. The van der Waals surface area contributed by atoms with Crippen LogP contribution >= 0.6 is 0 Å². The van der Waals surface area contributed by atoms with Crippen molar-refractivity contribution in [2.45, 2.75) is 38.1 Å². The van der Waals surface area contributed by atoms with E-state index in [9.17, 15) is 20.1 Å². The van der Waals surface area contributed by atoms with E-state index >= 15 is 0 Å². The monoisotopic (exact) mass is 292 g/mol. The summed E-state index contributed by atoms with van der Waals surface area (Å²) in [6, 6.07) is 3.56. The molecule has 0 spiro atoms. The van der Waals surface area contributed by atoms with E-state index in [0.29, 0.717) is 16.9 Å². The summed E-state index contributed by atoms with van der Waals surface area (Å²) in [5.74, 6) is -0.393. The highest BCUT2D eigenvalue weighted by atomic mass is 16.5. The lowest BCUT2D eigenvalue weighted by Gasteiger charge is -2.42. The van der Waals surface area contributed by atoms with Crippen LogP contribution in [0.15, 0.2) is 12.1 Å². The molecule has 1 fully saturated rings. The van der Waals surface area contributed by atoms with Gasteiger partial charge in [0.25, 0.3) is 0 Å². The highest BCUT2D eigenvalue weighted by Crippen LogP contribution is 2.48. The van der Waals surface area contributed by atoms with Gasteiger partial charge in [-0.05, 0) is 37.5 Å². The van der Waals surface area contributed by atoms with E-state index in [4.69, 9.17) is 4.74 Å². The van der Waals surface area contributed by atoms with Crippen molar-refractivity contribution in [3.8, 4) is 5.75 Å². The van der Waals surface area contributed by atoms with Crippen molar-refractivity contribution < 1.29 is 24.9 Å². The zero-order chi connectivity index (χ0) is 15.3. The van der Waals surface area contributed by atoms with Crippen molar-refractivity contribution in [2.75, 3.05) is 7.11 Å². The number of methoxy groups -OCH3 is 1. The van der Waals surface area contributed by atoms with Crippen LogP contribution in [0.1, 0.15) is 40.4 Å². The fourth-order valence-electron chi connectivity index (χ4n) is 3.70. The van der Waals surface area contributed by atoms with Crippen LogP contribution in [0, 0.1) is 18.8 Å². The molecule has 1 aromatic rings. The Balaban J connectivity index is 2.12. The van der Waals surface area contributed by atoms with Crippen molar-refractivity contribution >= 4 is 5.78 Å². The third-order valence-electron chi connectivity index (χ3n) is 4.78. The van der Waals surface area contributed by atoms with Gasteiger partial charge in [-0.15, -0.1) is 0 Å². The Morgan fingerprint density at radius 1 is 1.14 bits per heavy atom. The van der Waals surface area contributed by atoms with Crippen LogP contribution in [-0.4, -0.2) is 40.4 Å². The first-order valence-corrected chi connectivity index (χ1v) is 7.21. The minimum atomic E-state index is -0.907. The molecule has 0 saturated heterocycles. The number of benzene rings is 1. The Kier molecular flexibility index (Phi) is 3.51. The smallest absolute Gasteiger partial charge is 0.166 e. The molecule has 0 heterocycles. The second-order valence-electron chi connectivity index (χ2n) is 6.11. The first-order chi connectivity index (χ1) is 9.93. The van der Waals surface area contributed by atoms with Crippen molar-refractivity contribution in [3.63, 3.8) is 0 Å². The Labute approximate surface area is 123 Å². The summed E-state index contributed by atoms with van der Waals surface area (Å²) in [4.78, 5) is 12.7. The molecule has 2 aliphatic carbocycles. The van der Waals surface area contributed by atoms with Crippen LogP contribution in [0.25, 0.3) is 0 Å². The van der Waals surface area contributed by atoms with Crippen LogP contribution < -0.4 is 4.74 Å². The topological polar surface area (TPSA) is 87.0 Å². The van der Waals surface area contributed by atoms with E-state index in [-0.39, 0.29) is 24.5 Å². The van der Waals surface area contributed by atoms with Crippen molar-refractivity contribution in [3.05, 3.63) is 28.8 Å². The minimum absolute atomic E-state index is 0.0757. The molecule has 3 rings (SSSR count). The van der Waals surface area contributed by atoms with E-state index in [1.807, 2.05) is 6.92 Å². The van der Waals surface area contributed by atoms with Gasteiger partial charge in [0.05, 0.1) is 25.4 Å². The van der Waals surface area contributed by atoms with Gasteiger partial charge in [-0.1, -0.05) is 0 Å². The predicted octanol–water partition coefficient (Wildman–Crippen LogP) is 0.981. The highest BCUT2D eigenvalue weighted by molar-refractivity contribution is 6.01. The third-order valence-corrected chi connectivity index (χ3v) is 4.78. The quantitative estimate of drug-likeness (QED) is 0.718. The number of carbonyl (C=O) groups is 1. The fraction of sp³-hybridized carbons (Fsp3) is 0.562. The van der Waals surface area contributed by atoms with E-state index in [2.05, 4.69) is 0 Å². The first kappa shape index (κ1) is 14.5. The molecule has 21 heavy (non-hydrogen) atoms. The maximum absolute atomic E-state index is 12.7. The lowest BCUT2D eigenvalue weighted by molar-refractivity contribution is -0.0724. The molecule has 0 aliphatic heterocycles. The van der Waals surface area contributed by atoms with Gasteiger partial charge >= 0.3 is 0 Å². The molecule has 0 radical (unpaired) electrons. The molecular formula is C16H20O5. The molecule has 2 aliphatic rings. The van der Waals surface area contributed by atoms with Crippen molar-refractivity contribution in [1.29, 1.82) is 0 Å². The van der Waals surface area contributed by atoms with E-state index < -0.39 is 24.2 Å². The average Bonchev–Trinajstić information content (AvgIpc) is 2.45. The average molecular weight is 292 g/mol. The summed E-state index contributed by atoms with van der Waals surface area (Å²) in [5.41, 5.74) is 1.88. The molecular weight excluding hydrogens is 272 g/mol. The summed E-state index contributed by atoms with van der Waals surface area (Å²) in [5, 5.41) is 30.3. The maximum atomic E-state index is 12.7.